The van der Waals surface area contributed by atoms with Gasteiger partial charge in [-0.25, -0.2) is 0 Å². The lowest BCUT2D eigenvalue weighted by atomic mass is 9.86. The van der Waals surface area contributed by atoms with Crippen LogP contribution in [0.2, 0.25) is 0 Å². The zero-order chi connectivity index (χ0) is 16.2. The van der Waals surface area contributed by atoms with E-state index in [1.807, 2.05) is 18.2 Å². The van der Waals surface area contributed by atoms with Crippen LogP contribution in [0, 0.1) is 0 Å². The van der Waals surface area contributed by atoms with Gasteiger partial charge in [-0.05, 0) is 36.1 Å². The largest absolute Gasteiger partial charge is 0.451 e. The number of hydrogen-bond donors (Lipinski definition) is 2. The van der Waals surface area contributed by atoms with Gasteiger partial charge in [-0.2, -0.15) is 0 Å². The number of nitrogens with two attached hydrogens (primary N) is 1. The predicted molar refractivity (Wildman–Crippen MR) is 96.1 cm³/mol. The monoisotopic (exact) mass is 336 g/mol. The molecular formula is C18H25ClN2O2. The number of carbonyl (C=O) groups excluding carboxylic acids is 1. The van der Waals surface area contributed by atoms with Crippen LogP contribution in [-0.4, -0.2) is 19.0 Å². The Bertz CT molecular complexity index is 627. The Balaban J connectivity index is 0.00000264. The van der Waals surface area contributed by atoms with E-state index in [4.69, 9.17) is 10.2 Å². The molecule has 126 valence electrons. The lowest BCUT2D eigenvalue weighted by Crippen LogP contribution is -2.25. The predicted octanol–water partition coefficient (Wildman–Crippen LogP) is 3.74. The lowest BCUT2D eigenvalue weighted by molar-refractivity contribution is 0.0926. The highest BCUT2D eigenvalue weighted by Gasteiger charge is 2.15. The number of benzene rings is 1. The first-order valence-corrected chi connectivity index (χ1v) is 7.61. The fourth-order valence-electron chi connectivity index (χ4n) is 2.14. The summed E-state index contributed by atoms with van der Waals surface area (Å²) >= 11 is 0. The molecule has 0 unspecified atom stereocenters. The SMILES string of the molecule is CC(C)(C)c1ccc(-c2ccc(C(=O)NCCCN)o2)cc1.Cl. The molecule has 1 heterocycles. The molecule has 0 aliphatic carbocycles. The number of furan rings is 1. The number of nitrogens with one attached hydrogen (secondary N) is 1. The van der Waals surface area contributed by atoms with Crippen LogP contribution in [0.5, 0.6) is 0 Å². The van der Waals surface area contributed by atoms with Crippen molar-refractivity contribution in [2.24, 2.45) is 5.73 Å². The number of amides is 1. The highest BCUT2D eigenvalue weighted by molar-refractivity contribution is 5.92. The molecule has 0 atom stereocenters. The van der Waals surface area contributed by atoms with Crippen molar-refractivity contribution in [2.45, 2.75) is 32.6 Å². The van der Waals surface area contributed by atoms with Crippen molar-refractivity contribution in [1.29, 1.82) is 0 Å². The summed E-state index contributed by atoms with van der Waals surface area (Å²) in [4.78, 5) is 11.9. The maximum atomic E-state index is 11.9. The minimum Gasteiger partial charge on any atom is -0.451 e. The summed E-state index contributed by atoms with van der Waals surface area (Å²) in [7, 11) is 0. The molecule has 0 radical (unpaired) electrons. The number of carbonyl (C=O) groups is 1. The minimum absolute atomic E-state index is 0. The number of halogens is 1. The molecule has 3 N–H and O–H groups in total. The van der Waals surface area contributed by atoms with E-state index in [2.05, 4.69) is 38.2 Å². The van der Waals surface area contributed by atoms with Gasteiger partial charge < -0.3 is 15.5 Å². The maximum absolute atomic E-state index is 11.9. The molecule has 5 heteroatoms. The van der Waals surface area contributed by atoms with Crippen molar-refractivity contribution < 1.29 is 9.21 Å². The van der Waals surface area contributed by atoms with Crippen LogP contribution >= 0.6 is 12.4 Å². The second-order valence-electron chi connectivity index (χ2n) is 6.39. The van der Waals surface area contributed by atoms with E-state index in [0.717, 1.165) is 12.0 Å². The lowest BCUT2D eigenvalue weighted by Gasteiger charge is -2.18. The average Bonchev–Trinajstić information content (AvgIpc) is 2.96. The molecule has 1 amide bonds. The summed E-state index contributed by atoms with van der Waals surface area (Å²) in [5, 5.41) is 2.78. The van der Waals surface area contributed by atoms with E-state index in [0.29, 0.717) is 24.6 Å². The van der Waals surface area contributed by atoms with Crippen molar-refractivity contribution >= 4 is 18.3 Å². The van der Waals surface area contributed by atoms with Gasteiger partial charge in [-0.15, -0.1) is 12.4 Å². The molecule has 0 saturated heterocycles. The first-order chi connectivity index (χ1) is 10.4. The van der Waals surface area contributed by atoms with Gasteiger partial charge >= 0.3 is 0 Å². The highest BCUT2D eigenvalue weighted by Crippen LogP contribution is 2.27. The summed E-state index contributed by atoms with van der Waals surface area (Å²) in [6, 6.07) is 11.8. The van der Waals surface area contributed by atoms with Crippen LogP contribution in [0.3, 0.4) is 0 Å². The summed E-state index contributed by atoms with van der Waals surface area (Å²) in [6.07, 6.45) is 0.758. The Labute approximate surface area is 143 Å². The molecule has 0 spiro atoms. The summed E-state index contributed by atoms with van der Waals surface area (Å²) in [5.74, 6) is 0.822. The van der Waals surface area contributed by atoms with E-state index in [9.17, 15) is 4.79 Å². The fourth-order valence-corrected chi connectivity index (χ4v) is 2.14. The third-order valence-electron chi connectivity index (χ3n) is 3.53. The Morgan fingerprint density at radius 3 is 2.35 bits per heavy atom. The van der Waals surface area contributed by atoms with E-state index < -0.39 is 0 Å². The molecule has 0 bridgehead atoms. The molecule has 0 saturated carbocycles. The van der Waals surface area contributed by atoms with Crippen molar-refractivity contribution in [3.8, 4) is 11.3 Å². The second kappa shape index (κ2) is 8.18. The van der Waals surface area contributed by atoms with Crippen molar-refractivity contribution in [3.63, 3.8) is 0 Å². The smallest absolute Gasteiger partial charge is 0.287 e. The summed E-state index contributed by atoms with van der Waals surface area (Å²) in [5.41, 5.74) is 7.76. The van der Waals surface area contributed by atoms with Crippen LogP contribution in [0.1, 0.15) is 43.3 Å². The van der Waals surface area contributed by atoms with Gasteiger partial charge in [0.1, 0.15) is 5.76 Å². The van der Waals surface area contributed by atoms with Gasteiger partial charge in [0, 0.05) is 12.1 Å². The quantitative estimate of drug-likeness (QED) is 0.817. The molecule has 1 aromatic carbocycles. The Hall–Kier alpha value is -1.78. The summed E-state index contributed by atoms with van der Waals surface area (Å²) < 4.78 is 5.64. The Morgan fingerprint density at radius 2 is 1.78 bits per heavy atom. The molecule has 2 rings (SSSR count). The van der Waals surface area contributed by atoms with Gasteiger partial charge in [0.15, 0.2) is 5.76 Å². The first kappa shape index (κ1) is 19.3. The second-order valence-corrected chi connectivity index (χ2v) is 6.39. The van der Waals surface area contributed by atoms with Crippen molar-refractivity contribution in [2.75, 3.05) is 13.1 Å². The normalized spacial score (nSPS) is 11.0. The van der Waals surface area contributed by atoms with Crippen LogP contribution < -0.4 is 11.1 Å². The highest BCUT2D eigenvalue weighted by atomic mass is 35.5. The van der Waals surface area contributed by atoms with Crippen LogP contribution in [0.15, 0.2) is 40.8 Å². The van der Waals surface area contributed by atoms with E-state index in [1.165, 1.54) is 5.56 Å². The first-order valence-electron chi connectivity index (χ1n) is 7.61. The third kappa shape index (κ3) is 5.12. The van der Waals surface area contributed by atoms with Crippen LogP contribution in [-0.2, 0) is 5.41 Å². The molecule has 1 aromatic heterocycles. The molecule has 0 aliphatic rings. The van der Waals surface area contributed by atoms with Crippen molar-refractivity contribution in [3.05, 3.63) is 47.7 Å². The Morgan fingerprint density at radius 1 is 1.13 bits per heavy atom. The molecule has 0 fully saturated rings. The third-order valence-corrected chi connectivity index (χ3v) is 3.53. The zero-order valence-corrected chi connectivity index (χ0v) is 14.7. The molecule has 0 aliphatic heterocycles. The zero-order valence-electron chi connectivity index (χ0n) is 13.9. The topological polar surface area (TPSA) is 68.3 Å². The molecular weight excluding hydrogens is 312 g/mol. The van der Waals surface area contributed by atoms with Gasteiger partial charge in [0.2, 0.25) is 0 Å². The molecule has 2 aromatic rings. The Kier molecular flexibility index (Phi) is 6.85. The molecule has 4 nitrogen and oxygen atoms in total. The average molecular weight is 337 g/mol. The minimum atomic E-state index is -0.203. The van der Waals surface area contributed by atoms with Gasteiger partial charge in [-0.3, -0.25) is 4.79 Å². The van der Waals surface area contributed by atoms with Crippen LogP contribution in [0.4, 0.5) is 0 Å². The number of hydrogen-bond acceptors (Lipinski definition) is 3. The van der Waals surface area contributed by atoms with Gasteiger partial charge in [0.05, 0.1) is 0 Å². The standard InChI is InChI=1S/C18H24N2O2.ClH/c1-18(2,3)14-7-5-13(6-8-14)15-9-10-16(22-15)17(21)20-12-4-11-19;/h5-10H,4,11-12,19H2,1-3H3,(H,20,21);1H. The van der Waals surface area contributed by atoms with E-state index in [1.54, 1.807) is 6.07 Å². The van der Waals surface area contributed by atoms with Crippen LogP contribution in [0.25, 0.3) is 11.3 Å². The number of rotatable bonds is 5. The summed E-state index contributed by atoms with van der Waals surface area (Å²) in [6.45, 7) is 7.66. The van der Waals surface area contributed by atoms with Gasteiger partial charge in [-0.1, -0.05) is 45.0 Å². The van der Waals surface area contributed by atoms with E-state index >= 15 is 0 Å². The van der Waals surface area contributed by atoms with E-state index in [-0.39, 0.29) is 23.7 Å². The van der Waals surface area contributed by atoms with Gasteiger partial charge in [0.25, 0.3) is 5.91 Å². The maximum Gasteiger partial charge on any atom is 0.287 e. The van der Waals surface area contributed by atoms with Crippen molar-refractivity contribution in [1.82, 2.24) is 5.32 Å². The molecule has 23 heavy (non-hydrogen) atoms. The fraction of sp³-hybridized carbons (Fsp3) is 0.389.